The topological polar surface area (TPSA) is 204 Å². The minimum absolute atomic E-state index is 0.0922. The third kappa shape index (κ3) is 18.1. The van der Waals surface area contributed by atoms with Crippen molar-refractivity contribution in [2.75, 3.05) is 69.7 Å². The molecule has 1 atom stereocenters. The van der Waals surface area contributed by atoms with Crippen molar-refractivity contribution >= 4 is 11.9 Å². The van der Waals surface area contributed by atoms with Gasteiger partial charge in [0.1, 0.15) is 0 Å². The van der Waals surface area contributed by atoms with Crippen molar-refractivity contribution in [3.8, 4) is 0 Å². The summed E-state index contributed by atoms with van der Waals surface area (Å²) in [5, 5.41) is 39.0. The second-order valence-corrected chi connectivity index (χ2v) is 21.7. The number of hydroxylamine groups is 4. The standard InChI is InChI=1S/C45H91N11O4/c1-40(2)28-34(29-41(3,4)55(40)59-32-44(9,10)57)18-13-15-24-50-38-52-37(36(20-22-47)49-27-26-48-23-17-21-46)53-39(54-38)51-25-16-14-19-35-30-42(5,6)56(43(7,8)31-35)60-33-45(11,12)58/h34-36,48-49,57-58H,13-33,46-47H2,1-12H3,(H2,50,51,52,53,54). The Labute approximate surface area is 365 Å². The number of nitrogens with two attached hydrogens (primary N) is 2. The zero-order valence-corrected chi connectivity index (χ0v) is 40.2. The second-order valence-electron chi connectivity index (χ2n) is 21.7. The largest absolute Gasteiger partial charge is 0.388 e. The van der Waals surface area contributed by atoms with E-state index in [0.717, 1.165) is 103 Å². The second kappa shape index (κ2) is 23.2. The molecule has 2 fully saturated rings. The maximum absolute atomic E-state index is 10.3. The first kappa shape index (κ1) is 52.6. The fourth-order valence-electron chi connectivity index (χ4n) is 9.89. The highest BCUT2D eigenvalue weighted by Crippen LogP contribution is 2.45. The Morgan fingerprint density at radius 1 is 0.617 bits per heavy atom. The van der Waals surface area contributed by atoms with Crippen LogP contribution in [-0.4, -0.2) is 128 Å². The van der Waals surface area contributed by atoms with Crippen LogP contribution in [0.15, 0.2) is 0 Å². The molecule has 3 heterocycles. The van der Waals surface area contributed by atoms with Crippen LogP contribution in [0, 0.1) is 11.8 Å². The first-order valence-electron chi connectivity index (χ1n) is 23.3. The first-order valence-corrected chi connectivity index (χ1v) is 23.3. The third-order valence-electron chi connectivity index (χ3n) is 11.8. The average Bonchev–Trinajstić information content (AvgIpc) is 3.09. The maximum Gasteiger partial charge on any atom is 0.227 e. The molecule has 0 saturated carbocycles. The molecule has 1 aromatic heterocycles. The van der Waals surface area contributed by atoms with Gasteiger partial charge in [-0.05, 0) is 166 Å². The normalized spacial score (nSPS) is 20.7. The lowest BCUT2D eigenvalue weighted by molar-refractivity contribution is -0.302. The third-order valence-corrected chi connectivity index (χ3v) is 11.8. The van der Waals surface area contributed by atoms with Gasteiger partial charge in [-0.3, -0.25) is 9.68 Å². The molecular formula is C45H91N11O4. The molecule has 2 aliphatic heterocycles. The van der Waals surface area contributed by atoms with E-state index in [1.165, 1.54) is 0 Å². The van der Waals surface area contributed by atoms with Gasteiger partial charge in [-0.25, -0.2) is 0 Å². The van der Waals surface area contributed by atoms with E-state index in [1.54, 1.807) is 27.7 Å². The van der Waals surface area contributed by atoms with E-state index < -0.39 is 11.2 Å². The number of piperidine rings is 2. The summed E-state index contributed by atoms with van der Waals surface area (Å²) in [6.45, 7) is 31.0. The predicted octanol–water partition coefficient (Wildman–Crippen LogP) is 5.90. The molecule has 350 valence electrons. The van der Waals surface area contributed by atoms with Gasteiger partial charge in [-0.2, -0.15) is 25.1 Å². The summed E-state index contributed by atoms with van der Waals surface area (Å²) in [7, 11) is 0. The average molecular weight is 850 g/mol. The summed E-state index contributed by atoms with van der Waals surface area (Å²) in [5.41, 5.74) is 9.50. The zero-order chi connectivity index (χ0) is 44.8. The summed E-state index contributed by atoms with van der Waals surface area (Å²) >= 11 is 0. The van der Waals surface area contributed by atoms with Crippen molar-refractivity contribution in [1.29, 1.82) is 0 Å². The lowest BCUT2D eigenvalue weighted by Gasteiger charge is -2.54. The number of hydrogen-bond donors (Lipinski definition) is 8. The van der Waals surface area contributed by atoms with Crippen LogP contribution >= 0.6 is 0 Å². The van der Waals surface area contributed by atoms with Crippen molar-refractivity contribution in [2.45, 2.75) is 200 Å². The van der Waals surface area contributed by atoms with E-state index in [1.807, 2.05) is 0 Å². The van der Waals surface area contributed by atoms with E-state index in [0.29, 0.717) is 49.1 Å². The van der Waals surface area contributed by atoms with E-state index >= 15 is 0 Å². The highest BCUT2D eigenvalue weighted by molar-refractivity contribution is 5.35. The zero-order valence-electron chi connectivity index (χ0n) is 40.2. The quantitative estimate of drug-likeness (QED) is 0.0463. The Hall–Kier alpha value is -1.79. The Bertz CT molecular complexity index is 1260. The van der Waals surface area contributed by atoms with E-state index in [4.69, 9.17) is 36.1 Å². The molecule has 0 spiro atoms. The van der Waals surface area contributed by atoms with Gasteiger partial charge in [0.15, 0.2) is 5.82 Å². The number of hydrogen-bond acceptors (Lipinski definition) is 15. The van der Waals surface area contributed by atoms with Crippen LogP contribution in [0.4, 0.5) is 11.9 Å². The molecule has 10 N–H and O–H groups in total. The number of unbranched alkanes of at least 4 members (excludes halogenated alkanes) is 2. The molecule has 2 aliphatic rings. The smallest absolute Gasteiger partial charge is 0.227 e. The summed E-state index contributed by atoms with van der Waals surface area (Å²) < 4.78 is 0. The monoisotopic (exact) mass is 850 g/mol. The molecule has 3 rings (SSSR count). The molecule has 0 aliphatic carbocycles. The number of aliphatic hydroxyl groups is 2. The first-order chi connectivity index (χ1) is 27.9. The molecule has 60 heavy (non-hydrogen) atoms. The highest BCUT2D eigenvalue weighted by atomic mass is 16.7. The molecule has 1 aromatic rings. The Balaban J connectivity index is 1.59. The number of nitrogens with one attached hydrogen (secondary N) is 4. The maximum atomic E-state index is 10.3. The van der Waals surface area contributed by atoms with Crippen molar-refractivity contribution in [3.63, 3.8) is 0 Å². The fourth-order valence-corrected chi connectivity index (χ4v) is 9.89. The van der Waals surface area contributed by atoms with Crippen molar-refractivity contribution < 1.29 is 19.9 Å². The van der Waals surface area contributed by atoms with Gasteiger partial charge in [0, 0.05) is 48.3 Å². The van der Waals surface area contributed by atoms with Gasteiger partial charge in [0.05, 0.1) is 30.5 Å². The van der Waals surface area contributed by atoms with Crippen molar-refractivity contribution in [1.82, 2.24) is 35.7 Å². The van der Waals surface area contributed by atoms with Crippen LogP contribution in [0.2, 0.25) is 0 Å². The van der Waals surface area contributed by atoms with Crippen molar-refractivity contribution in [2.24, 2.45) is 23.3 Å². The molecule has 1 unspecified atom stereocenters. The molecular weight excluding hydrogens is 759 g/mol. The van der Waals surface area contributed by atoms with E-state index in [-0.39, 0.29) is 41.4 Å². The van der Waals surface area contributed by atoms with Gasteiger partial charge in [-0.1, -0.05) is 25.7 Å². The van der Waals surface area contributed by atoms with E-state index in [9.17, 15) is 10.2 Å². The molecule has 2 saturated heterocycles. The van der Waals surface area contributed by atoms with Gasteiger partial charge >= 0.3 is 0 Å². The lowest BCUT2D eigenvalue weighted by Crippen LogP contribution is -2.61. The summed E-state index contributed by atoms with van der Waals surface area (Å²) in [6.07, 6.45) is 12.4. The Kier molecular flexibility index (Phi) is 20.3. The minimum atomic E-state index is -0.874. The molecule has 0 aromatic carbocycles. The molecule has 0 radical (unpaired) electrons. The SMILES string of the molecule is CC(C)(O)CON1C(C)(C)CC(CCCCNc2nc(NCCCCC3CC(C)(C)N(OCC(C)(C)O)C(C)(C)C3)nc(C(CCN)NCCNCCCN)n2)CC1(C)C. The van der Waals surface area contributed by atoms with Crippen molar-refractivity contribution in [3.05, 3.63) is 5.82 Å². The Morgan fingerprint density at radius 3 is 1.43 bits per heavy atom. The summed E-state index contributed by atoms with van der Waals surface area (Å²) in [6, 6.07) is -0.0922. The molecule has 15 heteroatoms. The number of rotatable bonds is 28. The molecule has 0 amide bonds. The minimum Gasteiger partial charge on any atom is -0.388 e. The van der Waals surface area contributed by atoms with E-state index in [2.05, 4.69) is 86.8 Å². The molecule has 0 bridgehead atoms. The van der Waals surface area contributed by atoms with Gasteiger partial charge < -0.3 is 42.9 Å². The summed E-state index contributed by atoms with van der Waals surface area (Å²) in [5.74, 6) is 3.07. The van der Waals surface area contributed by atoms with Crippen LogP contribution in [0.1, 0.15) is 172 Å². The number of aromatic nitrogens is 3. The number of anilines is 2. The molecule has 15 nitrogen and oxygen atoms in total. The van der Waals surface area contributed by atoms with Crippen LogP contribution in [0.5, 0.6) is 0 Å². The van der Waals surface area contributed by atoms with Crippen LogP contribution in [0.25, 0.3) is 0 Å². The van der Waals surface area contributed by atoms with Crippen LogP contribution in [0.3, 0.4) is 0 Å². The van der Waals surface area contributed by atoms with Crippen LogP contribution < -0.4 is 32.7 Å². The Morgan fingerprint density at radius 2 is 1.05 bits per heavy atom. The summed E-state index contributed by atoms with van der Waals surface area (Å²) in [4.78, 5) is 27.1. The number of nitrogens with zero attached hydrogens (tertiary/aromatic N) is 5. The van der Waals surface area contributed by atoms with Gasteiger partial charge in [-0.15, -0.1) is 0 Å². The lowest BCUT2D eigenvalue weighted by atomic mass is 9.73. The highest BCUT2D eigenvalue weighted by Gasteiger charge is 2.48. The van der Waals surface area contributed by atoms with Gasteiger partial charge in [0.25, 0.3) is 0 Å². The van der Waals surface area contributed by atoms with Gasteiger partial charge in [0.2, 0.25) is 11.9 Å². The predicted molar refractivity (Wildman–Crippen MR) is 245 cm³/mol. The fraction of sp³-hybridized carbons (Fsp3) is 0.933. The van der Waals surface area contributed by atoms with Crippen LogP contribution in [-0.2, 0) is 9.68 Å².